The molecule has 8 nitrogen and oxygen atoms in total. The number of anilines is 3. The van der Waals surface area contributed by atoms with Gasteiger partial charge < -0.3 is 16.1 Å². The molecular formula is C28H23N7OS. The van der Waals surface area contributed by atoms with E-state index in [1.54, 1.807) is 29.8 Å². The lowest BCUT2D eigenvalue weighted by Gasteiger charge is -2.20. The molecule has 1 aromatic carbocycles. The van der Waals surface area contributed by atoms with Crippen molar-refractivity contribution < 1.29 is 4.79 Å². The van der Waals surface area contributed by atoms with Crippen molar-refractivity contribution >= 4 is 40.0 Å². The van der Waals surface area contributed by atoms with Crippen LogP contribution in [0, 0.1) is 5.92 Å². The Morgan fingerprint density at radius 1 is 0.892 bits per heavy atom. The maximum absolute atomic E-state index is 12.5. The number of aromatic nitrogens is 2. The molecule has 1 saturated carbocycles. The summed E-state index contributed by atoms with van der Waals surface area (Å²) >= 11 is 1.66. The number of rotatable bonds is 3. The van der Waals surface area contributed by atoms with Gasteiger partial charge in [0.2, 0.25) is 5.91 Å². The van der Waals surface area contributed by atoms with Crippen molar-refractivity contribution in [2.45, 2.75) is 19.3 Å². The number of hydrazine groups is 1. The largest absolute Gasteiger partial charge is 0.338 e. The smallest absolute Gasteiger partial charge is 0.249 e. The summed E-state index contributed by atoms with van der Waals surface area (Å²) in [5.74, 6) is 0.882. The average molecular weight is 506 g/mol. The van der Waals surface area contributed by atoms with Gasteiger partial charge in [0, 0.05) is 41.2 Å². The molecule has 1 aliphatic carbocycles. The highest BCUT2D eigenvalue weighted by molar-refractivity contribution is 7.08. The van der Waals surface area contributed by atoms with Crippen LogP contribution in [0.1, 0.15) is 24.8 Å². The Bertz CT molecular complexity index is 1640. The Kier molecular flexibility index (Phi) is 5.21. The topological polar surface area (TPSA) is 103 Å². The van der Waals surface area contributed by atoms with Crippen molar-refractivity contribution in [1.29, 1.82) is 0 Å². The van der Waals surface area contributed by atoms with Crippen molar-refractivity contribution in [2.24, 2.45) is 10.9 Å². The van der Waals surface area contributed by atoms with E-state index in [2.05, 4.69) is 59.3 Å². The summed E-state index contributed by atoms with van der Waals surface area (Å²) in [6, 6.07) is 12.0. The number of benzene rings is 1. The molecule has 0 saturated heterocycles. The van der Waals surface area contributed by atoms with Crippen LogP contribution in [-0.2, 0) is 4.79 Å². The van der Waals surface area contributed by atoms with Crippen molar-refractivity contribution in [3.05, 3.63) is 88.7 Å². The number of amides is 1. The molecule has 0 atom stereocenters. The molecule has 4 aromatic rings. The highest BCUT2D eigenvalue weighted by atomic mass is 32.1. The van der Waals surface area contributed by atoms with Gasteiger partial charge in [-0.3, -0.25) is 20.2 Å². The Labute approximate surface area is 217 Å². The quantitative estimate of drug-likeness (QED) is 0.304. The second-order valence-electron chi connectivity index (χ2n) is 9.33. The standard InChI is InChI=1S/C28H23N7OS/c36-28(16-2-1-3-16)31-20-6-8-29-12-19(10-20)17-4-5-23-21(11-17)26(35-34-23)27-32-24-14-30-13-22(25(24)33-27)18-7-9-37-15-18/h4-16,32-35H,1-3H2. The maximum Gasteiger partial charge on any atom is 0.249 e. The van der Waals surface area contributed by atoms with Gasteiger partial charge in [-0.15, -0.1) is 0 Å². The van der Waals surface area contributed by atoms with Crippen LogP contribution in [0.3, 0.4) is 0 Å². The van der Waals surface area contributed by atoms with Gasteiger partial charge in [0.1, 0.15) is 11.5 Å². The van der Waals surface area contributed by atoms with Crippen LogP contribution in [0.15, 0.2) is 82.8 Å². The lowest BCUT2D eigenvalue weighted by atomic mass is 9.85. The highest BCUT2D eigenvalue weighted by Crippen LogP contribution is 2.42. The fourth-order valence-corrected chi connectivity index (χ4v) is 5.42. The van der Waals surface area contributed by atoms with E-state index < -0.39 is 0 Å². The zero-order chi connectivity index (χ0) is 24.8. The summed E-state index contributed by atoms with van der Waals surface area (Å²) in [6.45, 7) is 0. The first kappa shape index (κ1) is 21.8. The number of pyridine rings is 1. The molecule has 3 aromatic heterocycles. The maximum atomic E-state index is 12.5. The predicted octanol–water partition coefficient (Wildman–Crippen LogP) is 5.19. The number of carbonyl (C=O) groups is 1. The highest BCUT2D eigenvalue weighted by Gasteiger charge is 2.27. The summed E-state index contributed by atoms with van der Waals surface area (Å²) in [6.07, 6.45) is 10.2. The molecule has 37 heavy (non-hydrogen) atoms. The Hall–Kier alpha value is -4.50. The molecule has 9 heteroatoms. The van der Waals surface area contributed by atoms with Crippen molar-refractivity contribution in [1.82, 2.24) is 15.4 Å². The number of hydrogen-bond donors (Lipinski definition) is 4. The zero-order valence-electron chi connectivity index (χ0n) is 19.8. The molecule has 182 valence electrons. The number of nitrogens with zero attached hydrogens (tertiary/aromatic N) is 3. The van der Waals surface area contributed by atoms with Crippen LogP contribution >= 0.6 is 11.3 Å². The first-order valence-electron chi connectivity index (χ1n) is 12.2. The van der Waals surface area contributed by atoms with Gasteiger partial charge in [-0.2, -0.15) is 11.3 Å². The molecule has 3 aliphatic rings. The Balaban J connectivity index is 1.25. The Morgan fingerprint density at radius 3 is 2.68 bits per heavy atom. The predicted molar refractivity (Wildman–Crippen MR) is 146 cm³/mol. The Morgan fingerprint density at radius 2 is 1.84 bits per heavy atom. The average Bonchev–Trinajstić information content (AvgIpc) is 3.60. The monoisotopic (exact) mass is 505 g/mol. The van der Waals surface area contributed by atoms with Gasteiger partial charge in [-0.25, -0.2) is 4.99 Å². The van der Waals surface area contributed by atoms with Crippen LogP contribution in [0.5, 0.6) is 0 Å². The van der Waals surface area contributed by atoms with Crippen LogP contribution in [0.25, 0.3) is 28.0 Å². The molecule has 1 amide bonds. The van der Waals surface area contributed by atoms with E-state index in [0.29, 0.717) is 5.36 Å². The van der Waals surface area contributed by atoms with E-state index in [-0.39, 0.29) is 11.8 Å². The normalized spacial score (nSPS) is 18.1. The van der Waals surface area contributed by atoms with E-state index in [1.807, 2.05) is 30.6 Å². The molecule has 0 unspecified atom stereocenters. The molecular weight excluding hydrogens is 482 g/mol. The molecule has 7 rings (SSSR count). The summed E-state index contributed by atoms with van der Waals surface area (Å²) in [4.78, 5) is 25.6. The number of carbonyl (C=O) groups excluding carboxylic acids is 1. The van der Waals surface area contributed by atoms with E-state index in [1.165, 1.54) is 0 Å². The van der Waals surface area contributed by atoms with Crippen LogP contribution in [0.4, 0.5) is 17.1 Å². The molecule has 0 bridgehead atoms. The van der Waals surface area contributed by atoms with Gasteiger partial charge in [0.05, 0.1) is 28.6 Å². The first-order chi connectivity index (χ1) is 18.2. The number of nitrogens with one attached hydrogen (secondary N) is 4. The molecule has 5 heterocycles. The molecule has 0 spiro atoms. The van der Waals surface area contributed by atoms with Crippen molar-refractivity contribution in [2.75, 3.05) is 16.1 Å². The van der Waals surface area contributed by atoms with Crippen molar-refractivity contribution in [3.8, 4) is 22.3 Å². The number of thiophene rings is 1. The fraction of sp³-hybridized carbons (Fsp3) is 0.143. The third-order valence-electron chi connectivity index (χ3n) is 7.02. The van der Waals surface area contributed by atoms with E-state index >= 15 is 0 Å². The second kappa shape index (κ2) is 8.86. The first-order valence-corrected chi connectivity index (χ1v) is 13.2. The van der Waals surface area contributed by atoms with Crippen molar-refractivity contribution in [3.63, 3.8) is 0 Å². The lowest BCUT2D eigenvalue weighted by Crippen LogP contribution is -2.22. The molecule has 1 fully saturated rings. The molecule has 4 N–H and O–H groups in total. The number of hydrogen-bond acceptors (Lipinski definition) is 8. The third kappa shape index (κ3) is 3.93. The minimum absolute atomic E-state index is 0.0352. The summed E-state index contributed by atoms with van der Waals surface area (Å²) in [5, 5.41) is 11.8. The van der Waals surface area contributed by atoms with Gasteiger partial charge in [0.15, 0.2) is 0 Å². The number of fused-ring (bicyclic) bond motifs is 2. The third-order valence-corrected chi connectivity index (χ3v) is 7.71. The van der Waals surface area contributed by atoms with Gasteiger partial charge >= 0.3 is 0 Å². The minimum atomic E-state index is -0.0352. The van der Waals surface area contributed by atoms with Gasteiger partial charge in [-0.05, 0) is 65.1 Å². The minimum Gasteiger partial charge on any atom is -0.338 e. The van der Waals surface area contributed by atoms with E-state index in [9.17, 15) is 4.79 Å². The summed E-state index contributed by atoms with van der Waals surface area (Å²) in [7, 11) is 0. The van der Waals surface area contributed by atoms with E-state index in [0.717, 1.165) is 75.7 Å². The van der Waals surface area contributed by atoms with Gasteiger partial charge in [0.25, 0.3) is 0 Å². The lowest BCUT2D eigenvalue weighted by molar-refractivity contribution is -0.124. The van der Waals surface area contributed by atoms with Crippen LogP contribution in [0.2, 0.25) is 0 Å². The van der Waals surface area contributed by atoms with Crippen LogP contribution < -0.4 is 26.8 Å². The summed E-state index contributed by atoms with van der Waals surface area (Å²) < 4.78 is 0. The summed E-state index contributed by atoms with van der Waals surface area (Å²) in [5.41, 5.74) is 15.5. The SMILES string of the molecule is O=C(N=c1ccncc(-c2ccc3c(c2)C(=C2Nc4cncc(-c5ccsc5)c4N2)NN3)c1)C1CCC1. The van der Waals surface area contributed by atoms with Gasteiger partial charge in [-0.1, -0.05) is 12.5 Å². The zero-order valence-corrected chi connectivity index (χ0v) is 20.6. The fourth-order valence-electron chi connectivity index (χ4n) is 4.77. The van der Waals surface area contributed by atoms with E-state index in [4.69, 9.17) is 0 Å². The molecule has 0 radical (unpaired) electrons. The van der Waals surface area contributed by atoms with Crippen LogP contribution in [-0.4, -0.2) is 15.9 Å². The second-order valence-corrected chi connectivity index (χ2v) is 10.1. The molecule has 2 aliphatic heterocycles.